The largest absolute Gasteiger partial charge is 0.450 e. The summed E-state index contributed by atoms with van der Waals surface area (Å²) in [7, 11) is 0. The van der Waals surface area contributed by atoms with E-state index in [1.165, 1.54) is 16.9 Å². The van der Waals surface area contributed by atoms with Crippen molar-refractivity contribution in [3.8, 4) is 0 Å². The van der Waals surface area contributed by atoms with Crippen LogP contribution in [0.4, 0.5) is 4.79 Å². The van der Waals surface area contributed by atoms with Crippen LogP contribution in [-0.4, -0.2) is 54.6 Å². The Balaban J connectivity index is 1.63. The Labute approximate surface area is 141 Å². The molecule has 1 aromatic rings. The predicted molar refractivity (Wildman–Crippen MR) is 90.0 cm³/mol. The molecule has 0 N–H and O–H groups in total. The smallest absolute Gasteiger partial charge is 0.409 e. The molecule has 1 fully saturated rings. The first kappa shape index (κ1) is 16.3. The Kier molecular flexibility index (Phi) is 4.90. The molecule has 0 radical (unpaired) electrons. The van der Waals surface area contributed by atoms with Gasteiger partial charge in [0.2, 0.25) is 0 Å². The summed E-state index contributed by atoms with van der Waals surface area (Å²) < 4.78 is 5.02. The molecule has 3 rings (SSSR count). The number of carbonyl (C=O) groups excluding carboxylic acids is 2. The normalized spacial score (nSPS) is 21.0. The van der Waals surface area contributed by atoms with Crippen LogP contribution in [0.1, 0.15) is 41.1 Å². The highest BCUT2D eigenvalue weighted by Gasteiger charge is 2.29. The lowest BCUT2D eigenvalue weighted by atomic mass is 9.88. The topological polar surface area (TPSA) is 49.9 Å². The summed E-state index contributed by atoms with van der Waals surface area (Å²) in [4.78, 5) is 29.5. The van der Waals surface area contributed by atoms with Crippen LogP contribution in [0.5, 0.6) is 0 Å². The molecule has 1 aliphatic heterocycles. The van der Waals surface area contributed by atoms with Crippen molar-refractivity contribution in [3.05, 3.63) is 21.4 Å². The van der Waals surface area contributed by atoms with Gasteiger partial charge in [0.1, 0.15) is 0 Å². The molecule has 23 heavy (non-hydrogen) atoms. The molecule has 6 heteroatoms. The van der Waals surface area contributed by atoms with Gasteiger partial charge in [0, 0.05) is 36.4 Å². The van der Waals surface area contributed by atoms with Crippen LogP contribution >= 0.6 is 11.3 Å². The van der Waals surface area contributed by atoms with Crippen molar-refractivity contribution < 1.29 is 14.3 Å². The number of nitrogens with zero attached hydrogens (tertiary/aromatic N) is 2. The zero-order valence-electron chi connectivity index (χ0n) is 13.8. The summed E-state index contributed by atoms with van der Waals surface area (Å²) in [5.41, 5.74) is 2.16. The van der Waals surface area contributed by atoms with Crippen molar-refractivity contribution in [2.45, 2.75) is 33.1 Å². The van der Waals surface area contributed by atoms with Crippen molar-refractivity contribution in [2.75, 3.05) is 32.8 Å². The molecular formula is C17H24N2O3S. The highest BCUT2D eigenvalue weighted by Crippen LogP contribution is 2.33. The Bertz CT molecular complexity index is 591. The number of hydrogen-bond acceptors (Lipinski definition) is 4. The fraction of sp³-hybridized carbons (Fsp3) is 0.647. The number of rotatable bonds is 2. The fourth-order valence-corrected chi connectivity index (χ4v) is 4.57. The van der Waals surface area contributed by atoms with Gasteiger partial charge < -0.3 is 14.5 Å². The average molecular weight is 336 g/mol. The van der Waals surface area contributed by atoms with Crippen LogP contribution in [0.2, 0.25) is 0 Å². The Morgan fingerprint density at radius 2 is 1.96 bits per heavy atom. The van der Waals surface area contributed by atoms with Gasteiger partial charge in [0.25, 0.3) is 5.91 Å². The summed E-state index contributed by atoms with van der Waals surface area (Å²) in [5, 5.41) is 2.03. The molecule has 0 aromatic carbocycles. The van der Waals surface area contributed by atoms with Gasteiger partial charge >= 0.3 is 6.09 Å². The highest BCUT2D eigenvalue weighted by molar-refractivity contribution is 7.10. The van der Waals surface area contributed by atoms with E-state index in [9.17, 15) is 9.59 Å². The molecule has 2 amide bonds. The summed E-state index contributed by atoms with van der Waals surface area (Å²) in [5.74, 6) is 0.845. The van der Waals surface area contributed by atoms with Crippen molar-refractivity contribution in [1.29, 1.82) is 0 Å². The molecule has 1 atom stereocenters. The van der Waals surface area contributed by atoms with E-state index >= 15 is 0 Å². The Morgan fingerprint density at radius 3 is 2.65 bits per heavy atom. The van der Waals surface area contributed by atoms with E-state index in [-0.39, 0.29) is 12.0 Å². The first-order valence-corrected chi connectivity index (χ1v) is 9.28. The van der Waals surface area contributed by atoms with Crippen LogP contribution in [-0.2, 0) is 17.6 Å². The monoisotopic (exact) mass is 336 g/mol. The van der Waals surface area contributed by atoms with Crippen LogP contribution < -0.4 is 0 Å². The zero-order valence-corrected chi connectivity index (χ0v) is 14.7. The molecule has 2 aliphatic rings. The molecule has 1 saturated heterocycles. The van der Waals surface area contributed by atoms with E-state index in [1.807, 2.05) is 10.3 Å². The molecule has 0 bridgehead atoms. The van der Waals surface area contributed by atoms with Gasteiger partial charge in [0.15, 0.2) is 0 Å². The number of hydrogen-bond donors (Lipinski definition) is 0. The van der Waals surface area contributed by atoms with Crippen molar-refractivity contribution >= 4 is 23.3 Å². The number of amides is 2. The highest BCUT2D eigenvalue weighted by atomic mass is 32.1. The van der Waals surface area contributed by atoms with Crippen LogP contribution in [0, 0.1) is 5.92 Å². The van der Waals surface area contributed by atoms with Crippen molar-refractivity contribution in [1.82, 2.24) is 9.80 Å². The maximum Gasteiger partial charge on any atom is 0.409 e. The molecule has 0 spiro atoms. The summed E-state index contributed by atoms with van der Waals surface area (Å²) in [6, 6.07) is 0. The number of thiophene rings is 1. The summed E-state index contributed by atoms with van der Waals surface area (Å²) in [6.07, 6.45) is 3.01. The van der Waals surface area contributed by atoms with E-state index in [1.54, 1.807) is 23.2 Å². The lowest BCUT2D eigenvalue weighted by Crippen LogP contribution is -2.50. The van der Waals surface area contributed by atoms with Gasteiger partial charge in [-0.25, -0.2) is 4.79 Å². The second-order valence-electron chi connectivity index (χ2n) is 6.38. The third-order valence-electron chi connectivity index (χ3n) is 4.73. The second kappa shape index (κ2) is 6.91. The van der Waals surface area contributed by atoms with Crippen LogP contribution in [0.15, 0.2) is 5.38 Å². The maximum absolute atomic E-state index is 12.8. The minimum atomic E-state index is -0.276. The van der Waals surface area contributed by atoms with Gasteiger partial charge in [-0.05, 0) is 37.7 Å². The van der Waals surface area contributed by atoms with Gasteiger partial charge in [-0.2, -0.15) is 0 Å². The summed E-state index contributed by atoms with van der Waals surface area (Å²) in [6.45, 7) is 6.73. The fourth-order valence-electron chi connectivity index (χ4n) is 3.33. The van der Waals surface area contributed by atoms with E-state index in [2.05, 4.69) is 6.92 Å². The van der Waals surface area contributed by atoms with E-state index in [4.69, 9.17) is 4.74 Å². The van der Waals surface area contributed by atoms with Gasteiger partial charge in [0.05, 0.1) is 12.2 Å². The Hall–Kier alpha value is -1.56. The van der Waals surface area contributed by atoms with E-state index in [0.717, 1.165) is 24.3 Å². The standard InChI is InChI=1S/C17H24N2O3S/c1-3-22-17(21)19-8-6-18(7-9-19)16(20)14-11-23-15-10-12(2)4-5-13(14)15/h11-12H,3-10H2,1-2H3. The molecule has 1 unspecified atom stereocenters. The quantitative estimate of drug-likeness (QED) is 0.834. The van der Waals surface area contributed by atoms with Crippen molar-refractivity contribution in [3.63, 3.8) is 0 Å². The van der Waals surface area contributed by atoms with Crippen LogP contribution in [0.25, 0.3) is 0 Å². The number of carbonyl (C=O) groups is 2. The van der Waals surface area contributed by atoms with Gasteiger partial charge in [-0.3, -0.25) is 4.79 Å². The molecule has 1 aromatic heterocycles. The van der Waals surface area contributed by atoms with Crippen molar-refractivity contribution in [2.24, 2.45) is 5.92 Å². The lowest BCUT2D eigenvalue weighted by Gasteiger charge is -2.34. The second-order valence-corrected chi connectivity index (χ2v) is 7.34. The molecule has 5 nitrogen and oxygen atoms in total. The first-order chi connectivity index (χ1) is 11.1. The first-order valence-electron chi connectivity index (χ1n) is 8.40. The molecule has 2 heterocycles. The maximum atomic E-state index is 12.8. The van der Waals surface area contributed by atoms with Gasteiger partial charge in [-0.15, -0.1) is 11.3 Å². The Morgan fingerprint density at radius 1 is 1.26 bits per heavy atom. The molecule has 126 valence electrons. The summed E-state index contributed by atoms with van der Waals surface area (Å²) >= 11 is 1.73. The third-order valence-corrected chi connectivity index (χ3v) is 5.78. The number of piperazine rings is 1. The number of fused-ring (bicyclic) bond motifs is 1. The minimum Gasteiger partial charge on any atom is -0.450 e. The minimum absolute atomic E-state index is 0.126. The third kappa shape index (κ3) is 3.37. The van der Waals surface area contributed by atoms with Gasteiger partial charge in [-0.1, -0.05) is 6.92 Å². The molecule has 1 aliphatic carbocycles. The number of ether oxygens (including phenoxy) is 1. The lowest BCUT2D eigenvalue weighted by molar-refractivity contribution is 0.0570. The molecule has 0 saturated carbocycles. The SMILES string of the molecule is CCOC(=O)N1CCN(C(=O)c2csc3c2CCC(C)C3)CC1. The van der Waals surface area contributed by atoms with E-state index < -0.39 is 0 Å². The predicted octanol–water partition coefficient (Wildman–Crippen LogP) is 2.79. The average Bonchev–Trinajstić information content (AvgIpc) is 2.97. The molecular weight excluding hydrogens is 312 g/mol. The zero-order chi connectivity index (χ0) is 16.4. The van der Waals surface area contributed by atoms with E-state index in [0.29, 0.717) is 32.8 Å². The van der Waals surface area contributed by atoms with Crippen LogP contribution in [0.3, 0.4) is 0 Å².